The molecule has 18 heavy (non-hydrogen) atoms. The lowest BCUT2D eigenvalue weighted by atomic mass is 10.1. The van der Waals surface area contributed by atoms with Gasteiger partial charge in [0.25, 0.3) is 0 Å². The van der Waals surface area contributed by atoms with Gasteiger partial charge in [-0.25, -0.2) is 13.1 Å². The maximum Gasteiger partial charge on any atom is 0.307 e. The fourth-order valence-electron chi connectivity index (χ4n) is 1.43. The molecule has 2 N–H and O–H groups in total. The van der Waals surface area contributed by atoms with E-state index in [0.29, 0.717) is 5.56 Å². The Balaban J connectivity index is 2.68. The normalized spacial score (nSPS) is 15.0. The van der Waals surface area contributed by atoms with E-state index in [-0.39, 0.29) is 5.75 Å². The van der Waals surface area contributed by atoms with Crippen LogP contribution in [0.4, 0.5) is 0 Å². The molecule has 0 fully saturated rings. The molecule has 2 unspecified atom stereocenters. The van der Waals surface area contributed by atoms with Crippen molar-refractivity contribution in [3.8, 4) is 0 Å². The molecule has 100 valence electrons. The maximum absolute atomic E-state index is 11.8. The molecule has 0 aliphatic heterocycles. The van der Waals surface area contributed by atoms with E-state index in [4.69, 9.17) is 5.11 Å². The molecule has 0 aromatic heterocycles. The Labute approximate surface area is 107 Å². The first-order valence-corrected chi connectivity index (χ1v) is 7.24. The zero-order valence-electron chi connectivity index (χ0n) is 10.3. The quantitative estimate of drug-likeness (QED) is 0.814. The fourth-order valence-corrected chi connectivity index (χ4v) is 2.92. The van der Waals surface area contributed by atoms with Crippen molar-refractivity contribution in [3.05, 3.63) is 35.9 Å². The summed E-state index contributed by atoms with van der Waals surface area (Å²) < 4.78 is 26.0. The van der Waals surface area contributed by atoms with Gasteiger partial charge < -0.3 is 5.11 Å². The number of hydrogen-bond acceptors (Lipinski definition) is 3. The van der Waals surface area contributed by atoms with Gasteiger partial charge in [0, 0.05) is 6.04 Å². The smallest absolute Gasteiger partial charge is 0.307 e. The minimum atomic E-state index is -3.53. The SMILES string of the molecule is CC(NS(=O)(=O)Cc1ccccc1)C(C)C(=O)O. The minimum absolute atomic E-state index is 0.148. The average Bonchev–Trinajstić information content (AvgIpc) is 2.27. The number of carboxylic acids is 1. The Morgan fingerprint density at radius 1 is 1.28 bits per heavy atom. The predicted molar refractivity (Wildman–Crippen MR) is 68.5 cm³/mol. The van der Waals surface area contributed by atoms with Crippen LogP contribution in [0.15, 0.2) is 30.3 Å². The molecule has 1 aromatic carbocycles. The zero-order chi connectivity index (χ0) is 13.8. The summed E-state index contributed by atoms with van der Waals surface area (Å²) in [5.41, 5.74) is 0.667. The lowest BCUT2D eigenvalue weighted by molar-refractivity contribution is -0.141. The van der Waals surface area contributed by atoms with E-state index in [1.54, 1.807) is 37.3 Å². The molecule has 0 amide bonds. The maximum atomic E-state index is 11.8. The third-order valence-electron chi connectivity index (χ3n) is 2.70. The second-order valence-corrected chi connectivity index (χ2v) is 6.03. The molecule has 0 spiro atoms. The van der Waals surface area contributed by atoms with Crippen LogP contribution >= 0.6 is 0 Å². The number of nitrogens with one attached hydrogen (secondary N) is 1. The molecule has 6 heteroatoms. The van der Waals surface area contributed by atoms with E-state index in [1.807, 2.05) is 0 Å². The highest BCUT2D eigenvalue weighted by Crippen LogP contribution is 2.08. The van der Waals surface area contributed by atoms with E-state index < -0.39 is 28.0 Å². The van der Waals surface area contributed by atoms with Gasteiger partial charge >= 0.3 is 5.97 Å². The highest BCUT2D eigenvalue weighted by atomic mass is 32.2. The van der Waals surface area contributed by atoms with Crippen LogP contribution in [0.1, 0.15) is 19.4 Å². The van der Waals surface area contributed by atoms with Crippen LogP contribution in [0.2, 0.25) is 0 Å². The summed E-state index contributed by atoms with van der Waals surface area (Å²) in [6.07, 6.45) is 0. The molecule has 1 aromatic rings. The third kappa shape index (κ3) is 4.46. The molecule has 0 saturated heterocycles. The van der Waals surface area contributed by atoms with Crippen molar-refractivity contribution in [2.45, 2.75) is 25.6 Å². The molecule has 0 aliphatic rings. The molecular weight excluding hydrogens is 254 g/mol. The first kappa shape index (κ1) is 14.7. The van der Waals surface area contributed by atoms with Gasteiger partial charge in [-0.05, 0) is 12.5 Å². The van der Waals surface area contributed by atoms with Crippen molar-refractivity contribution in [1.29, 1.82) is 0 Å². The number of carbonyl (C=O) groups is 1. The topological polar surface area (TPSA) is 83.5 Å². The highest BCUT2D eigenvalue weighted by Gasteiger charge is 2.24. The molecule has 0 heterocycles. The Hall–Kier alpha value is -1.40. The molecule has 0 saturated carbocycles. The van der Waals surface area contributed by atoms with Crippen LogP contribution in [0.5, 0.6) is 0 Å². The van der Waals surface area contributed by atoms with Gasteiger partial charge in [0.15, 0.2) is 0 Å². The summed E-state index contributed by atoms with van der Waals surface area (Å²) in [5.74, 6) is -1.94. The summed E-state index contributed by atoms with van der Waals surface area (Å²) in [4.78, 5) is 10.8. The summed E-state index contributed by atoms with van der Waals surface area (Å²) >= 11 is 0. The molecular formula is C12H17NO4S. The number of aliphatic carboxylic acids is 1. The molecule has 0 bridgehead atoms. The van der Waals surface area contributed by atoms with Crippen molar-refractivity contribution >= 4 is 16.0 Å². The van der Waals surface area contributed by atoms with Crippen LogP contribution in [-0.2, 0) is 20.6 Å². The van der Waals surface area contributed by atoms with Crippen molar-refractivity contribution in [2.75, 3.05) is 0 Å². The lowest BCUT2D eigenvalue weighted by Gasteiger charge is -2.17. The highest BCUT2D eigenvalue weighted by molar-refractivity contribution is 7.88. The summed E-state index contributed by atoms with van der Waals surface area (Å²) in [6, 6.07) is 8.10. The van der Waals surface area contributed by atoms with Crippen molar-refractivity contribution < 1.29 is 18.3 Å². The van der Waals surface area contributed by atoms with Crippen LogP contribution in [0.3, 0.4) is 0 Å². The Kier molecular flexibility index (Phi) is 4.86. The van der Waals surface area contributed by atoms with Crippen molar-refractivity contribution in [2.24, 2.45) is 5.92 Å². The minimum Gasteiger partial charge on any atom is -0.481 e. The number of rotatable bonds is 6. The van der Waals surface area contributed by atoms with Crippen molar-refractivity contribution in [3.63, 3.8) is 0 Å². The number of hydrogen-bond donors (Lipinski definition) is 2. The van der Waals surface area contributed by atoms with E-state index in [2.05, 4.69) is 4.72 Å². The zero-order valence-corrected chi connectivity index (χ0v) is 11.1. The van der Waals surface area contributed by atoms with Gasteiger partial charge in [-0.3, -0.25) is 4.79 Å². The van der Waals surface area contributed by atoms with Gasteiger partial charge in [-0.15, -0.1) is 0 Å². The van der Waals surface area contributed by atoms with Crippen LogP contribution in [0, 0.1) is 5.92 Å². The molecule has 5 nitrogen and oxygen atoms in total. The largest absolute Gasteiger partial charge is 0.481 e. The standard InChI is InChI=1S/C12H17NO4S/c1-9(12(14)15)10(2)13-18(16,17)8-11-6-4-3-5-7-11/h3-7,9-10,13H,8H2,1-2H3,(H,14,15). The second kappa shape index (κ2) is 5.97. The molecule has 2 atom stereocenters. The average molecular weight is 271 g/mol. The lowest BCUT2D eigenvalue weighted by Crippen LogP contribution is -2.40. The van der Waals surface area contributed by atoms with E-state index in [1.165, 1.54) is 6.92 Å². The predicted octanol–water partition coefficient (Wildman–Crippen LogP) is 1.22. The molecule has 0 radical (unpaired) electrons. The molecule has 0 aliphatic carbocycles. The van der Waals surface area contributed by atoms with Crippen molar-refractivity contribution in [1.82, 2.24) is 4.72 Å². The van der Waals surface area contributed by atoms with Gasteiger partial charge in [-0.1, -0.05) is 37.3 Å². The van der Waals surface area contributed by atoms with Gasteiger partial charge in [0.2, 0.25) is 10.0 Å². The third-order valence-corrected chi connectivity index (χ3v) is 4.15. The Morgan fingerprint density at radius 2 is 1.83 bits per heavy atom. The van der Waals surface area contributed by atoms with Crippen LogP contribution in [0.25, 0.3) is 0 Å². The monoisotopic (exact) mass is 271 g/mol. The first-order chi connectivity index (χ1) is 8.32. The fraction of sp³-hybridized carbons (Fsp3) is 0.417. The summed E-state index contributed by atoms with van der Waals surface area (Å²) in [6.45, 7) is 3.01. The number of carboxylic acid groups (broad SMARTS) is 1. The Morgan fingerprint density at radius 3 is 2.33 bits per heavy atom. The van der Waals surface area contributed by atoms with Gasteiger partial charge in [0.1, 0.15) is 0 Å². The van der Waals surface area contributed by atoms with E-state index in [9.17, 15) is 13.2 Å². The summed E-state index contributed by atoms with van der Waals surface area (Å²) in [7, 11) is -3.53. The van der Waals surface area contributed by atoms with E-state index >= 15 is 0 Å². The van der Waals surface area contributed by atoms with E-state index in [0.717, 1.165) is 0 Å². The van der Waals surface area contributed by atoms with Crippen LogP contribution in [-0.4, -0.2) is 25.5 Å². The Bertz CT molecular complexity index is 498. The summed E-state index contributed by atoms with van der Waals surface area (Å²) in [5, 5.41) is 8.80. The van der Waals surface area contributed by atoms with Gasteiger partial charge in [0.05, 0.1) is 11.7 Å². The second-order valence-electron chi connectivity index (χ2n) is 4.28. The van der Waals surface area contributed by atoms with Crippen LogP contribution < -0.4 is 4.72 Å². The molecule has 1 rings (SSSR count). The number of sulfonamides is 1. The van der Waals surface area contributed by atoms with Gasteiger partial charge in [-0.2, -0.15) is 0 Å². The first-order valence-electron chi connectivity index (χ1n) is 5.58. The number of benzene rings is 1.